The number of nitrogens with one attached hydrogen (secondary N) is 2. The van der Waals surface area contributed by atoms with Crippen LogP contribution in [0.5, 0.6) is 5.75 Å². The molecule has 5 nitrogen and oxygen atoms in total. The third-order valence-corrected chi connectivity index (χ3v) is 4.50. The minimum absolute atomic E-state index is 0.106. The lowest BCUT2D eigenvalue weighted by Gasteiger charge is -2.20. The summed E-state index contributed by atoms with van der Waals surface area (Å²) in [6.45, 7) is 7.07. The summed E-state index contributed by atoms with van der Waals surface area (Å²) < 4.78 is 32.8. The third-order valence-electron chi connectivity index (χ3n) is 2.99. The first-order chi connectivity index (χ1) is 9.69. The van der Waals surface area contributed by atoms with Crippen LogP contribution in [0.2, 0.25) is 0 Å². The Labute approximate surface area is 128 Å². The Morgan fingerprint density at radius 2 is 1.90 bits per heavy atom. The van der Waals surface area contributed by atoms with Crippen LogP contribution in [0.25, 0.3) is 0 Å². The van der Waals surface area contributed by atoms with Crippen LogP contribution < -0.4 is 14.8 Å². The van der Waals surface area contributed by atoms with Gasteiger partial charge in [-0.05, 0) is 49.2 Å². The van der Waals surface area contributed by atoms with Crippen molar-refractivity contribution < 1.29 is 13.2 Å². The lowest BCUT2D eigenvalue weighted by Crippen LogP contribution is -2.33. The van der Waals surface area contributed by atoms with Crippen LogP contribution in [0.1, 0.15) is 26.3 Å². The molecule has 0 heterocycles. The van der Waals surface area contributed by atoms with Crippen LogP contribution >= 0.6 is 0 Å². The summed E-state index contributed by atoms with van der Waals surface area (Å²) in [6, 6.07) is 5.06. The molecule has 0 radical (unpaired) electrons. The van der Waals surface area contributed by atoms with Crippen molar-refractivity contribution in [2.75, 3.05) is 27.2 Å². The van der Waals surface area contributed by atoms with Gasteiger partial charge in [0.15, 0.2) is 0 Å². The average Bonchev–Trinajstić information content (AvgIpc) is 2.42. The molecule has 0 aromatic heterocycles. The van der Waals surface area contributed by atoms with Crippen LogP contribution in [-0.2, 0) is 16.4 Å². The van der Waals surface area contributed by atoms with Crippen LogP contribution in [0.15, 0.2) is 23.1 Å². The Kier molecular flexibility index (Phi) is 6.19. The molecular formula is C15H26N2O3S. The molecule has 0 fully saturated rings. The van der Waals surface area contributed by atoms with Crippen molar-refractivity contribution in [2.24, 2.45) is 5.41 Å². The predicted molar refractivity (Wildman–Crippen MR) is 85.3 cm³/mol. The van der Waals surface area contributed by atoms with E-state index < -0.39 is 10.0 Å². The molecule has 1 aromatic rings. The van der Waals surface area contributed by atoms with Crippen molar-refractivity contribution in [3.8, 4) is 5.75 Å². The molecule has 21 heavy (non-hydrogen) atoms. The minimum Gasteiger partial charge on any atom is -0.497 e. The van der Waals surface area contributed by atoms with E-state index in [2.05, 4.69) is 10.0 Å². The molecule has 120 valence electrons. The topological polar surface area (TPSA) is 67.4 Å². The lowest BCUT2D eigenvalue weighted by atomic mass is 9.98. The molecule has 0 aliphatic carbocycles. The Morgan fingerprint density at radius 1 is 1.24 bits per heavy atom. The molecule has 0 saturated heterocycles. The van der Waals surface area contributed by atoms with Gasteiger partial charge >= 0.3 is 0 Å². The van der Waals surface area contributed by atoms with Gasteiger partial charge < -0.3 is 10.1 Å². The second kappa shape index (κ2) is 7.24. The molecule has 2 N–H and O–H groups in total. The Morgan fingerprint density at radius 3 is 2.43 bits per heavy atom. The number of benzene rings is 1. The fourth-order valence-electron chi connectivity index (χ4n) is 1.79. The van der Waals surface area contributed by atoms with E-state index in [1.807, 2.05) is 27.8 Å². The van der Waals surface area contributed by atoms with Gasteiger partial charge in [0, 0.05) is 6.54 Å². The maximum atomic E-state index is 12.5. The first-order valence-corrected chi connectivity index (χ1v) is 8.49. The van der Waals surface area contributed by atoms with E-state index in [-0.39, 0.29) is 5.41 Å². The molecule has 0 aliphatic heterocycles. The number of ether oxygens (including phenoxy) is 1. The Bertz CT molecular complexity index is 563. The van der Waals surface area contributed by atoms with E-state index in [1.54, 1.807) is 25.3 Å². The quantitative estimate of drug-likeness (QED) is 0.805. The molecule has 1 aromatic carbocycles. The smallest absolute Gasteiger partial charge is 0.240 e. The first kappa shape index (κ1) is 17.9. The van der Waals surface area contributed by atoms with Crippen LogP contribution in [0, 0.1) is 5.41 Å². The minimum atomic E-state index is -3.51. The zero-order valence-corrected chi connectivity index (χ0v) is 14.3. The number of methoxy groups -OCH3 is 1. The van der Waals surface area contributed by atoms with E-state index in [0.29, 0.717) is 30.2 Å². The summed E-state index contributed by atoms with van der Waals surface area (Å²) in [7, 11) is -0.101. The monoisotopic (exact) mass is 314 g/mol. The molecule has 0 atom stereocenters. The second-order valence-electron chi connectivity index (χ2n) is 6.21. The van der Waals surface area contributed by atoms with Crippen LogP contribution in [0.4, 0.5) is 0 Å². The van der Waals surface area contributed by atoms with Crippen molar-refractivity contribution in [1.82, 2.24) is 10.0 Å². The second-order valence-corrected chi connectivity index (χ2v) is 7.95. The van der Waals surface area contributed by atoms with Crippen molar-refractivity contribution in [1.29, 1.82) is 0 Å². The van der Waals surface area contributed by atoms with Gasteiger partial charge in [-0.2, -0.15) is 0 Å². The van der Waals surface area contributed by atoms with Gasteiger partial charge in [0.25, 0.3) is 0 Å². The summed E-state index contributed by atoms with van der Waals surface area (Å²) in [4.78, 5) is 0.322. The number of rotatable bonds is 7. The highest BCUT2D eigenvalue weighted by Crippen LogP contribution is 2.23. The largest absolute Gasteiger partial charge is 0.497 e. The molecule has 0 unspecified atom stereocenters. The highest BCUT2D eigenvalue weighted by atomic mass is 32.2. The maximum absolute atomic E-state index is 12.5. The van der Waals surface area contributed by atoms with E-state index in [4.69, 9.17) is 4.74 Å². The average molecular weight is 314 g/mol. The van der Waals surface area contributed by atoms with Crippen molar-refractivity contribution in [3.63, 3.8) is 0 Å². The van der Waals surface area contributed by atoms with Crippen molar-refractivity contribution in [2.45, 2.75) is 32.1 Å². The highest BCUT2D eigenvalue weighted by molar-refractivity contribution is 7.89. The molecule has 0 bridgehead atoms. The van der Waals surface area contributed by atoms with Gasteiger partial charge in [-0.15, -0.1) is 0 Å². The van der Waals surface area contributed by atoms with Gasteiger partial charge in [-0.25, -0.2) is 13.1 Å². The van der Waals surface area contributed by atoms with Gasteiger partial charge in [0.05, 0.1) is 12.0 Å². The molecule has 0 amide bonds. The number of hydrogen-bond donors (Lipinski definition) is 2. The van der Waals surface area contributed by atoms with Crippen molar-refractivity contribution in [3.05, 3.63) is 23.8 Å². The standard InChI is InChI=1S/C15H26N2O3S/c1-15(2,3)11-17-21(18,19)14-7-6-13(20-5)10-12(14)8-9-16-4/h6-7,10,16-17H,8-9,11H2,1-5H3. The molecule has 0 spiro atoms. The van der Waals surface area contributed by atoms with E-state index in [9.17, 15) is 8.42 Å². The van der Waals surface area contributed by atoms with Crippen LogP contribution in [-0.4, -0.2) is 35.7 Å². The molecular weight excluding hydrogens is 288 g/mol. The molecule has 0 aliphatic rings. The zero-order valence-electron chi connectivity index (χ0n) is 13.5. The lowest BCUT2D eigenvalue weighted by molar-refractivity contribution is 0.407. The van der Waals surface area contributed by atoms with Crippen LogP contribution in [0.3, 0.4) is 0 Å². The predicted octanol–water partition coefficient (Wildman–Crippen LogP) is 1.78. The normalized spacial score (nSPS) is 12.4. The number of likely N-dealkylation sites (N-methyl/N-ethyl adjacent to an activating group) is 1. The maximum Gasteiger partial charge on any atom is 0.240 e. The number of sulfonamides is 1. The van der Waals surface area contributed by atoms with Gasteiger partial charge in [-0.3, -0.25) is 0 Å². The molecule has 0 saturated carbocycles. The SMILES string of the molecule is CNCCc1cc(OC)ccc1S(=O)(=O)NCC(C)(C)C. The van der Waals surface area contributed by atoms with Gasteiger partial charge in [-0.1, -0.05) is 20.8 Å². The number of hydrogen-bond acceptors (Lipinski definition) is 4. The van der Waals surface area contributed by atoms with E-state index in [0.717, 1.165) is 5.56 Å². The first-order valence-electron chi connectivity index (χ1n) is 7.01. The molecule has 6 heteroatoms. The Balaban J connectivity index is 3.09. The summed E-state index contributed by atoms with van der Waals surface area (Å²) in [5, 5.41) is 3.03. The summed E-state index contributed by atoms with van der Waals surface area (Å²) in [6.07, 6.45) is 0.624. The van der Waals surface area contributed by atoms with Gasteiger partial charge in [0.1, 0.15) is 5.75 Å². The molecule has 1 rings (SSSR count). The van der Waals surface area contributed by atoms with Crippen molar-refractivity contribution >= 4 is 10.0 Å². The summed E-state index contributed by atoms with van der Waals surface area (Å²) in [5.74, 6) is 0.663. The zero-order chi connectivity index (χ0) is 16.1. The fraction of sp³-hybridized carbons (Fsp3) is 0.600. The third kappa shape index (κ3) is 5.65. The Hall–Kier alpha value is -1.11. The van der Waals surface area contributed by atoms with E-state index in [1.165, 1.54) is 0 Å². The fourth-order valence-corrected chi connectivity index (χ4v) is 3.32. The highest BCUT2D eigenvalue weighted by Gasteiger charge is 2.21. The summed E-state index contributed by atoms with van der Waals surface area (Å²) in [5.41, 5.74) is 0.648. The van der Waals surface area contributed by atoms with E-state index >= 15 is 0 Å². The summed E-state index contributed by atoms with van der Waals surface area (Å²) >= 11 is 0. The van der Waals surface area contributed by atoms with Gasteiger partial charge in [0.2, 0.25) is 10.0 Å².